The largest absolute Gasteiger partial charge is 0.449 e. The fourth-order valence-electron chi connectivity index (χ4n) is 3.97. The second kappa shape index (κ2) is 7.27. The third-order valence-corrected chi connectivity index (χ3v) is 6.61. The molecule has 0 aromatic heterocycles. The van der Waals surface area contributed by atoms with Gasteiger partial charge in [-0.25, -0.2) is 0 Å². The summed E-state index contributed by atoms with van der Waals surface area (Å²) < 4.78 is 19.0. The Labute approximate surface area is 170 Å². The Balaban J connectivity index is 1.58. The van der Waals surface area contributed by atoms with E-state index >= 15 is 0 Å². The van der Waals surface area contributed by atoms with Crippen molar-refractivity contribution in [3.8, 4) is 0 Å². The van der Waals surface area contributed by atoms with Gasteiger partial charge in [0.1, 0.15) is 0 Å². The van der Waals surface area contributed by atoms with E-state index in [1.54, 1.807) is 6.26 Å². The highest BCUT2D eigenvalue weighted by atomic mass is 31.1. The van der Waals surface area contributed by atoms with Crippen LogP contribution in [0.15, 0.2) is 97.3 Å². The highest BCUT2D eigenvalue weighted by molar-refractivity contribution is 7.49. The molecule has 1 aliphatic rings. The molecule has 1 unspecified atom stereocenters. The minimum absolute atomic E-state index is 0.749. The maximum atomic E-state index is 13.1. The van der Waals surface area contributed by atoms with Crippen LogP contribution in [0.4, 0.5) is 11.4 Å². The van der Waals surface area contributed by atoms with Gasteiger partial charge in [0, 0.05) is 35.1 Å². The number of nitrogens with zero attached hydrogens (tertiary/aromatic N) is 1. The van der Waals surface area contributed by atoms with Crippen LogP contribution in [0.5, 0.6) is 0 Å². The summed E-state index contributed by atoms with van der Waals surface area (Å²) in [6.45, 7) is 0. The Morgan fingerprint density at radius 2 is 1.34 bits per heavy atom. The Morgan fingerprint density at radius 3 is 2.07 bits per heavy atom. The lowest BCUT2D eigenvalue weighted by Crippen LogP contribution is -2.17. The molecule has 0 amide bonds. The molecule has 142 valence electrons. The summed E-state index contributed by atoms with van der Waals surface area (Å²) >= 11 is 0. The van der Waals surface area contributed by atoms with Crippen molar-refractivity contribution in [2.75, 3.05) is 11.9 Å². The van der Waals surface area contributed by atoms with E-state index in [4.69, 9.17) is 4.52 Å². The van der Waals surface area contributed by atoms with Crippen LogP contribution in [0, 0.1) is 0 Å². The number of hydrogen-bond donors (Lipinski definition) is 0. The first kappa shape index (κ1) is 17.8. The molecule has 0 bridgehead atoms. The monoisotopic (exact) mass is 397 g/mol. The predicted molar refractivity (Wildman–Crippen MR) is 122 cm³/mol. The fraction of sp³-hybridized carbons (Fsp3) is 0.0400. The highest BCUT2D eigenvalue weighted by Gasteiger charge is 2.24. The lowest BCUT2D eigenvalue weighted by molar-refractivity contribution is 0.474. The number of para-hydroxylation sites is 2. The van der Waals surface area contributed by atoms with E-state index in [0.717, 1.165) is 44.2 Å². The molecule has 0 fully saturated rings. The predicted octanol–water partition coefficient (Wildman–Crippen LogP) is 6.13. The van der Waals surface area contributed by atoms with Crippen molar-refractivity contribution in [2.24, 2.45) is 0 Å². The van der Waals surface area contributed by atoms with Crippen LogP contribution in [-0.4, -0.2) is 7.05 Å². The topological polar surface area (TPSA) is 29.5 Å². The van der Waals surface area contributed by atoms with Crippen molar-refractivity contribution in [1.29, 1.82) is 0 Å². The average Bonchev–Trinajstić information content (AvgIpc) is 2.78. The highest BCUT2D eigenvalue weighted by Crippen LogP contribution is 2.44. The molecule has 0 radical (unpaired) electrons. The zero-order valence-electron chi connectivity index (χ0n) is 16.0. The third kappa shape index (κ3) is 3.04. The van der Waals surface area contributed by atoms with Crippen LogP contribution in [0.1, 0.15) is 11.1 Å². The van der Waals surface area contributed by atoms with Gasteiger partial charge >= 0.3 is 0 Å². The van der Waals surface area contributed by atoms with Crippen LogP contribution < -0.4 is 10.2 Å². The van der Waals surface area contributed by atoms with Crippen LogP contribution in [0.3, 0.4) is 0 Å². The number of fused-ring (bicyclic) bond motifs is 3. The van der Waals surface area contributed by atoms with Crippen LogP contribution >= 0.6 is 8.03 Å². The fourth-order valence-corrected chi connectivity index (χ4v) is 5.00. The molecule has 0 saturated carbocycles. The first-order chi connectivity index (χ1) is 14.2. The maximum absolute atomic E-state index is 13.1. The van der Waals surface area contributed by atoms with Gasteiger partial charge in [0.2, 0.25) is 0 Å². The number of anilines is 2. The molecule has 1 aliphatic heterocycles. The van der Waals surface area contributed by atoms with Gasteiger partial charge < -0.3 is 9.42 Å². The van der Waals surface area contributed by atoms with Crippen molar-refractivity contribution >= 4 is 41.1 Å². The smallest absolute Gasteiger partial charge is 0.266 e. The zero-order chi connectivity index (χ0) is 19.8. The Kier molecular flexibility index (Phi) is 4.46. The van der Waals surface area contributed by atoms with Gasteiger partial charge in [0.15, 0.2) is 0 Å². The van der Waals surface area contributed by atoms with Gasteiger partial charge in [-0.15, -0.1) is 0 Å². The summed E-state index contributed by atoms with van der Waals surface area (Å²) in [5.41, 5.74) is 5.30. The normalized spacial score (nSPS) is 13.6. The molecule has 0 aliphatic carbocycles. The summed E-state index contributed by atoms with van der Waals surface area (Å²) in [5, 5.41) is 2.79. The van der Waals surface area contributed by atoms with Crippen molar-refractivity contribution in [3.63, 3.8) is 0 Å². The molecule has 0 N–H and O–H groups in total. The Hall–Kier alpha value is -3.29. The molecule has 0 spiro atoms. The number of rotatable bonds is 3. The summed E-state index contributed by atoms with van der Waals surface area (Å²) in [7, 11) is -0.384. The maximum Gasteiger partial charge on any atom is 0.266 e. The van der Waals surface area contributed by atoms with E-state index in [1.165, 1.54) is 0 Å². The minimum Gasteiger partial charge on any atom is -0.449 e. The first-order valence-electron chi connectivity index (χ1n) is 9.55. The zero-order valence-corrected chi connectivity index (χ0v) is 17.0. The van der Waals surface area contributed by atoms with Gasteiger partial charge in [0.25, 0.3) is 8.03 Å². The van der Waals surface area contributed by atoms with Gasteiger partial charge in [-0.2, -0.15) is 0 Å². The summed E-state index contributed by atoms with van der Waals surface area (Å²) in [6.07, 6.45) is 1.67. The molecule has 4 aromatic rings. The molecule has 0 saturated heterocycles. The van der Waals surface area contributed by atoms with Gasteiger partial charge in [0.05, 0.1) is 11.6 Å². The minimum atomic E-state index is -2.45. The van der Waals surface area contributed by atoms with Crippen LogP contribution in [-0.2, 0) is 9.09 Å². The van der Waals surface area contributed by atoms with E-state index in [2.05, 4.69) is 36.2 Å². The van der Waals surface area contributed by atoms with Crippen molar-refractivity contribution in [1.82, 2.24) is 0 Å². The summed E-state index contributed by atoms with van der Waals surface area (Å²) in [5.74, 6) is 0. The first-order valence-corrected chi connectivity index (χ1v) is 10.9. The molecular formula is C25H20NO2P. The molecule has 5 rings (SSSR count). The summed E-state index contributed by atoms with van der Waals surface area (Å²) in [6, 6.07) is 30.2. The Bertz CT molecular complexity index is 1220. The van der Waals surface area contributed by atoms with Gasteiger partial charge in [-0.05, 0) is 29.0 Å². The van der Waals surface area contributed by atoms with Gasteiger partial charge in [-0.3, -0.25) is 4.57 Å². The van der Waals surface area contributed by atoms with E-state index in [1.807, 2.05) is 66.7 Å². The second-order valence-corrected chi connectivity index (χ2v) is 8.41. The molecule has 3 nitrogen and oxygen atoms in total. The SMILES string of the molecule is CN1c2ccccc2C(=CO[PH](=O)c2cccc3ccccc23)c2ccccc21. The van der Waals surface area contributed by atoms with Gasteiger partial charge in [-0.1, -0.05) is 72.8 Å². The third-order valence-electron chi connectivity index (χ3n) is 5.40. The average molecular weight is 397 g/mol. The molecule has 1 atom stereocenters. The lowest BCUT2D eigenvalue weighted by atomic mass is 9.91. The molecule has 4 aromatic carbocycles. The lowest BCUT2D eigenvalue weighted by Gasteiger charge is -2.31. The quantitative estimate of drug-likeness (QED) is 0.308. The van der Waals surface area contributed by atoms with E-state index in [9.17, 15) is 4.57 Å². The number of hydrogen-bond acceptors (Lipinski definition) is 3. The van der Waals surface area contributed by atoms with Crippen molar-refractivity contribution in [2.45, 2.75) is 0 Å². The van der Waals surface area contributed by atoms with Crippen LogP contribution in [0.25, 0.3) is 16.3 Å². The van der Waals surface area contributed by atoms with Crippen LogP contribution in [0.2, 0.25) is 0 Å². The van der Waals surface area contributed by atoms with E-state index in [0.29, 0.717) is 0 Å². The molecular weight excluding hydrogens is 377 g/mol. The standard InChI is InChI=1S/C25H20NO2P/c1-26-23-14-6-4-12-20(23)22(21-13-5-7-15-24(21)26)17-28-29(27)25-16-8-10-18-9-2-3-11-19(18)25/h2-17,29H,1H3. The number of benzene rings is 4. The van der Waals surface area contributed by atoms with E-state index < -0.39 is 8.03 Å². The van der Waals surface area contributed by atoms with Crippen molar-refractivity contribution < 1.29 is 9.09 Å². The van der Waals surface area contributed by atoms with Crippen molar-refractivity contribution in [3.05, 3.63) is 108 Å². The molecule has 29 heavy (non-hydrogen) atoms. The molecule has 4 heteroatoms. The molecule has 1 heterocycles. The second-order valence-electron chi connectivity index (χ2n) is 7.06. The Morgan fingerprint density at radius 1 is 0.759 bits per heavy atom. The summed E-state index contributed by atoms with van der Waals surface area (Å²) in [4.78, 5) is 2.18. The van der Waals surface area contributed by atoms with E-state index in [-0.39, 0.29) is 0 Å².